The molecule has 0 bridgehead atoms. The lowest BCUT2D eigenvalue weighted by Gasteiger charge is -2.25. The average molecular weight is 236 g/mol. The monoisotopic (exact) mass is 236 g/mol. The molecule has 0 aliphatic rings. The van der Waals surface area contributed by atoms with Crippen molar-refractivity contribution in [3.63, 3.8) is 0 Å². The van der Waals surface area contributed by atoms with Crippen molar-refractivity contribution in [2.45, 2.75) is 33.4 Å². The fourth-order valence-corrected chi connectivity index (χ4v) is 1.72. The third-order valence-corrected chi connectivity index (χ3v) is 2.75. The van der Waals surface area contributed by atoms with Gasteiger partial charge in [0.05, 0.1) is 0 Å². The molecule has 0 aromatic carbocycles. The van der Waals surface area contributed by atoms with Crippen LogP contribution >= 0.6 is 0 Å². The number of amidine groups is 1. The molecule has 0 saturated carbocycles. The summed E-state index contributed by atoms with van der Waals surface area (Å²) in [6, 6.07) is 4.25. The predicted molar refractivity (Wildman–Crippen MR) is 68.0 cm³/mol. The van der Waals surface area contributed by atoms with E-state index in [1.54, 1.807) is 6.20 Å². The van der Waals surface area contributed by atoms with E-state index in [1.807, 2.05) is 12.1 Å². The summed E-state index contributed by atoms with van der Waals surface area (Å²) in [5.41, 5.74) is 7.13. The van der Waals surface area contributed by atoms with Crippen molar-refractivity contribution in [1.82, 2.24) is 9.88 Å². The molecule has 0 aliphatic heterocycles. The molecule has 1 aromatic rings. The van der Waals surface area contributed by atoms with Crippen LogP contribution in [0.15, 0.2) is 23.5 Å². The molecule has 0 unspecified atom stereocenters. The van der Waals surface area contributed by atoms with Crippen molar-refractivity contribution < 1.29 is 5.21 Å². The molecular weight excluding hydrogens is 216 g/mol. The van der Waals surface area contributed by atoms with Gasteiger partial charge in [-0.1, -0.05) is 18.1 Å². The molecule has 94 valence electrons. The zero-order valence-electron chi connectivity index (χ0n) is 10.6. The average Bonchev–Trinajstić information content (AvgIpc) is 2.35. The van der Waals surface area contributed by atoms with Gasteiger partial charge in [0.1, 0.15) is 5.69 Å². The quantitative estimate of drug-likeness (QED) is 0.351. The molecule has 0 saturated heterocycles. The van der Waals surface area contributed by atoms with Crippen LogP contribution in [-0.4, -0.2) is 33.5 Å². The third-order valence-electron chi connectivity index (χ3n) is 2.75. The number of pyridine rings is 1. The highest BCUT2D eigenvalue weighted by molar-refractivity contribution is 5.96. The Hall–Kier alpha value is -1.62. The molecule has 0 radical (unpaired) electrons. The molecule has 5 nitrogen and oxygen atoms in total. The molecule has 0 aliphatic carbocycles. The molecular formula is C12H20N4O. The Morgan fingerprint density at radius 2 is 2.29 bits per heavy atom. The Bertz CT molecular complexity index is 390. The van der Waals surface area contributed by atoms with Crippen LogP contribution in [0.4, 0.5) is 0 Å². The molecule has 0 atom stereocenters. The number of oxime groups is 1. The number of hydrogen-bond donors (Lipinski definition) is 2. The second kappa shape index (κ2) is 6.20. The van der Waals surface area contributed by atoms with Crippen molar-refractivity contribution in [2.24, 2.45) is 10.9 Å². The SMILES string of the molecule is CCN(Cc1cccnc1C(N)=NO)C(C)C. The molecule has 0 fully saturated rings. The van der Waals surface area contributed by atoms with Crippen LogP contribution in [0.25, 0.3) is 0 Å². The number of hydrogen-bond acceptors (Lipinski definition) is 4. The Balaban J connectivity index is 2.98. The molecule has 1 heterocycles. The normalized spacial score (nSPS) is 12.4. The summed E-state index contributed by atoms with van der Waals surface area (Å²) in [7, 11) is 0. The summed E-state index contributed by atoms with van der Waals surface area (Å²) in [6.07, 6.45) is 1.64. The van der Waals surface area contributed by atoms with Crippen LogP contribution in [0, 0.1) is 0 Å². The van der Waals surface area contributed by atoms with Crippen molar-refractivity contribution in [3.05, 3.63) is 29.6 Å². The van der Waals surface area contributed by atoms with Crippen LogP contribution in [0.5, 0.6) is 0 Å². The van der Waals surface area contributed by atoms with Crippen molar-refractivity contribution >= 4 is 5.84 Å². The summed E-state index contributed by atoms with van der Waals surface area (Å²) < 4.78 is 0. The van der Waals surface area contributed by atoms with Gasteiger partial charge in [0.2, 0.25) is 0 Å². The van der Waals surface area contributed by atoms with E-state index >= 15 is 0 Å². The van der Waals surface area contributed by atoms with Gasteiger partial charge in [0, 0.05) is 18.8 Å². The molecule has 0 amide bonds. The van der Waals surface area contributed by atoms with Gasteiger partial charge in [-0.3, -0.25) is 9.88 Å². The maximum atomic E-state index is 8.72. The lowest BCUT2D eigenvalue weighted by Crippen LogP contribution is -2.31. The minimum Gasteiger partial charge on any atom is -0.409 e. The largest absolute Gasteiger partial charge is 0.409 e. The third kappa shape index (κ3) is 3.42. The second-order valence-corrected chi connectivity index (χ2v) is 4.15. The van der Waals surface area contributed by atoms with E-state index in [1.165, 1.54) is 0 Å². The maximum Gasteiger partial charge on any atom is 0.189 e. The first-order valence-corrected chi connectivity index (χ1v) is 5.76. The van der Waals surface area contributed by atoms with Gasteiger partial charge in [-0.2, -0.15) is 0 Å². The summed E-state index contributed by atoms with van der Waals surface area (Å²) in [5, 5.41) is 11.7. The highest BCUT2D eigenvalue weighted by Gasteiger charge is 2.13. The standard InChI is InChI=1S/C12H20N4O/c1-4-16(9(2)3)8-10-6-5-7-14-11(10)12(13)15-17/h5-7,9,17H,4,8H2,1-3H3,(H2,13,15). The first-order chi connectivity index (χ1) is 8.10. The molecule has 17 heavy (non-hydrogen) atoms. The van der Waals surface area contributed by atoms with Crippen molar-refractivity contribution in [1.29, 1.82) is 0 Å². The molecule has 1 aromatic heterocycles. The smallest absolute Gasteiger partial charge is 0.189 e. The van der Waals surface area contributed by atoms with Gasteiger partial charge >= 0.3 is 0 Å². The van der Waals surface area contributed by atoms with Gasteiger partial charge in [-0.15, -0.1) is 0 Å². The zero-order valence-corrected chi connectivity index (χ0v) is 10.6. The topological polar surface area (TPSA) is 74.7 Å². The maximum absolute atomic E-state index is 8.72. The highest BCUT2D eigenvalue weighted by atomic mass is 16.4. The zero-order chi connectivity index (χ0) is 12.8. The lowest BCUT2D eigenvalue weighted by atomic mass is 10.1. The summed E-state index contributed by atoms with van der Waals surface area (Å²) in [6.45, 7) is 8.08. The Morgan fingerprint density at radius 3 is 2.82 bits per heavy atom. The van der Waals surface area contributed by atoms with E-state index in [0.717, 1.165) is 18.7 Å². The summed E-state index contributed by atoms with van der Waals surface area (Å²) in [4.78, 5) is 6.44. The fraction of sp³-hybridized carbons (Fsp3) is 0.500. The number of nitrogens with two attached hydrogens (primary N) is 1. The van der Waals surface area contributed by atoms with Gasteiger partial charge < -0.3 is 10.9 Å². The van der Waals surface area contributed by atoms with Crippen LogP contribution in [0.2, 0.25) is 0 Å². The number of nitrogens with zero attached hydrogens (tertiary/aromatic N) is 3. The van der Waals surface area contributed by atoms with E-state index in [-0.39, 0.29) is 5.84 Å². The second-order valence-electron chi connectivity index (χ2n) is 4.15. The van der Waals surface area contributed by atoms with Crippen LogP contribution in [0.3, 0.4) is 0 Å². The Kier molecular flexibility index (Phi) is 4.90. The summed E-state index contributed by atoms with van der Waals surface area (Å²) in [5.74, 6) is 0.0559. The van der Waals surface area contributed by atoms with Gasteiger partial charge in [-0.25, -0.2) is 0 Å². The molecule has 1 rings (SSSR count). The van der Waals surface area contributed by atoms with Crippen LogP contribution < -0.4 is 5.73 Å². The van der Waals surface area contributed by atoms with Crippen molar-refractivity contribution in [3.8, 4) is 0 Å². The number of aromatic nitrogens is 1. The lowest BCUT2D eigenvalue weighted by molar-refractivity contribution is 0.224. The van der Waals surface area contributed by atoms with E-state index in [0.29, 0.717) is 11.7 Å². The first-order valence-electron chi connectivity index (χ1n) is 5.76. The van der Waals surface area contributed by atoms with E-state index < -0.39 is 0 Å². The minimum absolute atomic E-state index is 0.0559. The Labute approximate surface area is 102 Å². The van der Waals surface area contributed by atoms with Crippen LogP contribution in [0.1, 0.15) is 32.0 Å². The van der Waals surface area contributed by atoms with Crippen molar-refractivity contribution in [2.75, 3.05) is 6.54 Å². The van der Waals surface area contributed by atoms with Gasteiger partial charge in [0.25, 0.3) is 0 Å². The van der Waals surface area contributed by atoms with E-state index in [4.69, 9.17) is 10.9 Å². The van der Waals surface area contributed by atoms with Gasteiger partial charge in [0.15, 0.2) is 5.84 Å². The fourth-order valence-electron chi connectivity index (χ4n) is 1.72. The highest BCUT2D eigenvalue weighted by Crippen LogP contribution is 2.11. The molecule has 3 N–H and O–H groups in total. The first kappa shape index (κ1) is 13.4. The molecule has 5 heteroatoms. The number of rotatable bonds is 5. The Morgan fingerprint density at radius 1 is 1.59 bits per heavy atom. The van der Waals surface area contributed by atoms with Gasteiger partial charge in [-0.05, 0) is 32.0 Å². The van der Waals surface area contributed by atoms with Crippen LogP contribution in [-0.2, 0) is 6.54 Å². The summed E-state index contributed by atoms with van der Waals surface area (Å²) >= 11 is 0. The van der Waals surface area contributed by atoms with E-state index in [9.17, 15) is 0 Å². The predicted octanol–water partition coefficient (Wildman–Crippen LogP) is 1.41. The van der Waals surface area contributed by atoms with E-state index in [2.05, 4.69) is 35.8 Å². The molecule has 0 spiro atoms. The minimum atomic E-state index is 0.0559.